The van der Waals surface area contributed by atoms with Crippen molar-refractivity contribution in [1.82, 2.24) is 14.7 Å². The van der Waals surface area contributed by atoms with Gasteiger partial charge in [0.25, 0.3) is 0 Å². The quantitative estimate of drug-likeness (QED) is 0.781. The second-order valence-corrected chi connectivity index (χ2v) is 10.4. The zero-order chi connectivity index (χ0) is 18.2. The van der Waals surface area contributed by atoms with Gasteiger partial charge in [-0.2, -0.15) is 0 Å². The van der Waals surface area contributed by atoms with Gasteiger partial charge in [-0.15, -0.1) is 5.10 Å². The number of benzene rings is 1. The third-order valence-electron chi connectivity index (χ3n) is 4.55. The first kappa shape index (κ1) is 18.5. The minimum Gasteiger partial charge on any atom is -0.330 e. The van der Waals surface area contributed by atoms with Crippen LogP contribution in [0.5, 0.6) is 0 Å². The second kappa shape index (κ2) is 7.14. The third-order valence-corrected chi connectivity index (χ3v) is 7.53. The molecule has 1 unspecified atom stereocenters. The molecule has 0 radical (unpaired) electrons. The number of rotatable bonds is 5. The van der Waals surface area contributed by atoms with Crippen molar-refractivity contribution >= 4 is 44.2 Å². The molecule has 0 spiro atoms. The van der Waals surface area contributed by atoms with E-state index in [1.54, 1.807) is 4.68 Å². The monoisotopic (exact) mass is 398 g/mol. The van der Waals surface area contributed by atoms with Gasteiger partial charge < -0.3 is 5.32 Å². The molecule has 1 atom stereocenters. The molecule has 1 aliphatic heterocycles. The maximum Gasteiger partial charge on any atom is 0.209 e. The molecule has 25 heavy (non-hydrogen) atoms. The van der Waals surface area contributed by atoms with Crippen molar-refractivity contribution in [2.45, 2.75) is 33.0 Å². The van der Waals surface area contributed by atoms with E-state index in [9.17, 15) is 8.42 Å². The fraction of sp³-hybridized carbons (Fsp3) is 0.500. The summed E-state index contributed by atoms with van der Waals surface area (Å²) in [4.78, 5) is 2.01. The van der Waals surface area contributed by atoms with E-state index in [1.807, 2.05) is 18.0 Å². The molecule has 1 N–H and O–H groups in total. The standard InChI is InChI=1S/C16H22N4O2S3/c1-11-4-5-13(8-12(11)2)17-15-18-20(16(23)24-15)10-19(3)14-6-7-25(21,22)9-14/h4-5,8,14H,6-7,9-10H2,1-3H3,(H,17,18). The molecule has 3 rings (SSSR count). The van der Waals surface area contributed by atoms with E-state index in [0.717, 1.165) is 10.8 Å². The van der Waals surface area contributed by atoms with Crippen LogP contribution >= 0.6 is 23.6 Å². The Morgan fingerprint density at radius 1 is 1.40 bits per heavy atom. The molecule has 6 nitrogen and oxygen atoms in total. The van der Waals surface area contributed by atoms with E-state index in [0.29, 0.717) is 17.0 Å². The molecule has 0 bridgehead atoms. The van der Waals surface area contributed by atoms with Gasteiger partial charge in [0, 0.05) is 11.7 Å². The van der Waals surface area contributed by atoms with Crippen LogP contribution in [0.2, 0.25) is 0 Å². The van der Waals surface area contributed by atoms with E-state index in [4.69, 9.17) is 12.2 Å². The lowest BCUT2D eigenvalue weighted by Crippen LogP contribution is -2.34. The van der Waals surface area contributed by atoms with Crippen molar-refractivity contribution in [3.63, 3.8) is 0 Å². The second-order valence-electron chi connectivity index (χ2n) is 6.55. The largest absolute Gasteiger partial charge is 0.330 e. The number of aromatic nitrogens is 2. The topological polar surface area (TPSA) is 67.2 Å². The van der Waals surface area contributed by atoms with E-state index < -0.39 is 9.84 Å². The molecule has 1 aromatic heterocycles. The summed E-state index contributed by atoms with van der Waals surface area (Å²) < 4.78 is 25.7. The lowest BCUT2D eigenvalue weighted by Gasteiger charge is -2.22. The number of nitrogens with zero attached hydrogens (tertiary/aromatic N) is 3. The van der Waals surface area contributed by atoms with Crippen LogP contribution in [0.1, 0.15) is 17.5 Å². The predicted octanol–water partition coefficient (Wildman–Crippen LogP) is 3.11. The van der Waals surface area contributed by atoms with Crippen LogP contribution in [-0.4, -0.2) is 47.7 Å². The van der Waals surface area contributed by atoms with Crippen molar-refractivity contribution in [2.75, 3.05) is 23.9 Å². The highest BCUT2D eigenvalue weighted by Gasteiger charge is 2.30. The van der Waals surface area contributed by atoms with Gasteiger partial charge in [-0.05, 0) is 62.8 Å². The van der Waals surface area contributed by atoms with Gasteiger partial charge in [0.2, 0.25) is 5.13 Å². The zero-order valence-electron chi connectivity index (χ0n) is 14.5. The van der Waals surface area contributed by atoms with Crippen LogP contribution in [0.25, 0.3) is 0 Å². The molecule has 0 saturated carbocycles. The molecular weight excluding hydrogens is 376 g/mol. The van der Waals surface area contributed by atoms with Crippen LogP contribution in [-0.2, 0) is 16.5 Å². The fourth-order valence-electron chi connectivity index (χ4n) is 2.84. The molecule has 1 fully saturated rings. The maximum absolute atomic E-state index is 11.6. The normalized spacial score (nSPS) is 19.4. The highest BCUT2D eigenvalue weighted by molar-refractivity contribution is 7.91. The van der Waals surface area contributed by atoms with Gasteiger partial charge in [0.15, 0.2) is 13.8 Å². The Bertz CT molecular complexity index is 933. The Morgan fingerprint density at radius 3 is 2.80 bits per heavy atom. The molecule has 1 saturated heterocycles. The summed E-state index contributed by atoms with van der Waals surface area (Å²) in [6, 6.07) is 6.21. The molecule has 2 aromatic rings. The molecular formula is C16H22N4O2S3. The van der Waals surface area contributed by atoms with Crippen molar-refractivity contribution in [1.29, 1.82) is 0 Å². The number of hydrogen-bond acceptors (Lipinski definition) is 7. The summed E-state index contributed by atoms with van der Waals surface area (Å²) in [5.74, 6) is 0.485. The van der Waals surface area contributed by atoms with Gasteiger partial charge in [-0.1, -0.05) is 17.4 Å². The van der Waals surface area contributed by atoms with Crippen LogP contribution in [0, 0.1) is 17.8 Å². The summed E-state index contributed by atoms with van der Waals surface area (Å²) in [7, 11) is -0.973. The zero-order valence-corrected chi connectivity index (χ0v) is 17.0. The van der Waals surface area contributed by atoms with E-state index in [2.05, 4.69) is 36.4 Å². The highest BCUT2D eigenvalue weighted by atomic mass is 32.2. The SMILES string of the molecule is Cc1ccc(Nc2nn(CN(C)C3CCS(=O)(=O)C3)c(=S)s2)cc1C. The van der Waals surface area contributed by atoms with Gasteiger partial charge in [0.05, 0.1) is 18.2 Å². The summed E-state index contributed by atoms with van der Waals surface area (Å²) in [6.45, 7) is 4.65. The lowest BCUT2D eigenvalue weighted by atomic mass is 10.1. The summed E-state index contributed by atoms with van der Waals surface area (Å²) in [5.41, 5.74) is 3.45. The van der Waals surface area contributed by atoms with E-state index >= 15 is 0 Å². The minimum atomic E-state index is -2.89. The molecule has 0 aliphatic carbocycles. The van der Waals surface area contributed by atoms with E-state index in [1.165, 1.54) is 22.5 Å². The molecule has 9 heteroatoms. The van der Waals surface area contributed by atoms with Crippen LogP contribution < -0.4 is 5.32 Å². The number of nitrogens with one attached hydrogen (secondary N) is 1. The molecule has 0 amide bonds. The van der Waals surface area contributed by atoms with Gasteiger partial charge >= 0.3 is 0 Å². The Hall–Kier alpha value is -1.29. The third kappa shape index (κ3) is 4.46. The summed E-state index contributed by atoms with van der Waals surface area (Å²) >= 11 is 6.82. The number of sulfone groups is 1. The van der Waals surface area contributed by atoms with Crippen molar-refractivity contribution in [3.05, 3.63) is 33.3 Å². The smallest absolute Gasteiger partial charge is 0.209 e. The first-order valence-corrected chi connectivity index (χ1v) is 11.1. The average Bonchev–Trinajstić information content (AvgIpc) is 3.06. The molecule has 1 aliphatic rings. The van der Waals surface area contributed by atoms with Gasteiger partial charge in [-0.3, -0.25) is 4.90 Å². The van der Waals surface area contributed by atoms with Crippen LogP contribution in [0.3, 0.4) is 0 Å². The van der Waals surface area contributed by atoms with Crippen molar-refractivity contribution < 1.29 is 8.42 Å². The Balaban J connectivity index is 1.70. The first-order valence-electron chi connectivity index (χ1n) is 8.06. The van der Waals surface area contributed by atoms with E-state index in [-0.39, 0.29) is 17.5 Å². The van der Waals surface area contributed by atoms with Gasteiger partial charge in [-0.25, -0.2) is 13.1 Å². The Kier molecular flexibility index (Phi) is 5.29. The highest BCUT2D eigenvalue weighted by Crippen LogP contribution is 2.23. The Morgan fingerprint density at radius 2 is 2.16 bits per heavy atom. The maximum atomic E-state index is 11.6. The van der Waals surface area contributed by atoms with Crippen LogP contribution in [0.15, 0.2) is 18.2 Å². The predicted molar refractivity (Wildman–Crippen MR) is 105 cm³/mol. The van der Waals surface area contributed by atoms with Crippen LogP contribution in [0.4, 0.5) is 10.8 Å². The fourth-order valence-corrected chi connectivity index (χ4v) is 5.66. The number of aryl methyl sites for hydroxylation is 2. The average molecular weight is 399 g/mol. The Labute approximate surface area is 157 Å². The van der Waals surface area contributed by atoms with Crippen molar-refractivity contribution in [2.24, 2.45) is 0 Å². The van der Waals surface area contributed by atoms with Crippen molar-refractivity contribution in [3.8, 4) is 0 Å². The lowest BCUT2D eigenvalue weighted by molar-refractivity contribution is 0.198. The molecule has 136 valence electrons. The first-order chi connectivity index (χ1) is 11.7. The summed E-state index contributed by atoms with van der Waals surface area (Å²) in [6.07, 6.45) is 0.671. The van der Waals surface area contributed by atoms with Gasteiger partial charge in [0.1, 0.15) is 0 Å². The molecule has 1 aromatic carbocycles. The summed E-state index contributed by atoms with van der Waals surface area (Å²) in [5, 5.41) is 8.57. The number of anilines is 2. The minimum absolute atomic E-state index is 0.0322. The number of hydrogen-bond donors (Lipinski definition) is 1. The molecule has 2 heterocycles.